The lowest BCUT2D eigenvalue weighted by atomic mass is 10.1. The van der Waals surface area contributed by atoms with Gasteiger partial charge in [-0.2, -0.15) is 0 Å². The SMILES string of the molecule is O=[N+]([O-])c1ccccc1C=CCN1CCN(c2ccccn2)CC1. The fourth-order valence-electron chi connectivity index (χ4n) is 2.82. The molecule has 1 aromatic carbocycles. The second-order valence-electron chi connectivity index (χ2n) is 5.69. The Morgan fingerprint density at radius 2 is 1.83 bits per heavy atom. The molecule has 0 aliphatic carbocycles. The zero-order valence-corrected chi connectivity index (χ0v) is 13.4. The van der Waals surface area contributed by atoms with Crippen LogP contribution in [-0.4, -0.2) is 47.5 Å². The van der Waals surface area contributed by atoms with E-state index in [1.165, 1.54) is 6.07 Å². The van der Waals surface area contributed by atoms with Gasteiger partial charge in [-0.1, -0.05) is 30.4 Å². The van der Waals surface area contributed by atoms with Crippen molar-refractivity contribution in [3.8, 4) is 0 Å². The third-order valence-electron chi connectivity index (χ3n) is 4.14. The molecule has 1 fully saturated rings. The van der Waals surface area contributed by atoms with E-state index in [4.69, 9.17) is 0 Å². The Balaban J connectivity index is 1.53. The zero-order chi connectivity index (χ0) is 16.8. The van der Waals surface area contributed by atoms with Crippen molar-refractivity contribution >= 4 is 17.6 Å². The van der Waals surface area contributed by atoms with Crippen molar-refractivity contribution in [2.45, 2.75) is 0 Å². The van der Waals surface area contributed by atoms with E-state index in [-0.39, 0.29) is 10.6 Å². The van der Waals surface area contributed by atoms with Crippen molar-refractivity contribution in [1.82, 2.24) is 9.88 Å². The van der Waals surface area contributed by atoms with Crippen LogP contribution in [0.25, 0.3) is 6.08 Å². The summed E-state index contributed by atoms with van der Waals surface area (Å²) in [5.74, 6) is 1.02. The maximum absolute atomic E-state index is 11.0. The number of pyridine rings is 1. The fraction of sp³-hybridized carbons (Fsp3) is 0.278. The number of para-hydroxylation sites is 1. The number of nitro groups is 1. The van der Waals surface area contributed by atoms with Crippen molar-refractivity contribution in [2.24, 2.45) is 0 Å². The molecule has 0 saturated carbocycles. The predicted molar refractivity (Wildman–Crippen MR) is 95.0 cm³/mol. The summed E-state index contributed by atoms with van der Waals surface area (Å²) in [6, 6.07) is 12.8. The highest BCUT2D eigenvalue weighted by atomic mass is 16.6. The predicted octanol–water partition coefficient (Wildman–Crippen LogP) is 2.83. The first kappa shape index (κ1) is 16.1. The van der Waals surface area contributed by atoms with Crippen molar-refractivity contribution in [2.75, 3.05) is 37.6 Å². The summed E-state index contributed by atoms with van der Waals surface area (Å²) in [6.45, 7) is 4.59. The molecule has 124 valence electrons. The molecule has 1 aliphatic rings. The van der Waals surface area contributed by atoms with Crippen LogP contribution in [0.15, 0.2) is 54.7 Å². The fourth-order valence-corrected chi connectivity index (χ4v) is 2.82. The standard InChI is InChI=1S/C18H20N4O2/c23-22(24)17-8-2-1-6-16(17)7-5-11-20-12-14-21(15-13-20)18-9-3-4-10-19-18/h1-10H,11-15H2. The van der Waals surface area contributed by atoms with E-state index in [1.807, 2.05) is 42.6 Å². The Morgan fingerprint density at radius 1 is 1.08 bits per heavy atom. The molecule has 6 nitrogen and oxygen atoms in total. The van der Waals surface area contributed by atoms with Crippen LogP contribution < -0.4 is 4.90 Å². The molecule has 24 heavy (non-hydrogen) atoms. The highest BCUT2D eigenvalue weighted by molar-refractivity contribution is 5.60. The average molecular weight is 324 g/mol. The minimum absolute atomic E-state index is 0.147. The van der Waals surface area contributed by atoms with E-state index in [1.54, 1.807) is 12.1 Å². The van der Waals surface area contributed by atoms with Crippen molar-refractivity contribution in [1.29, 1.82) is 0 Å². The van der Waals surface area contributed by atoms with Crippen molar-refractivity contribution in [3.63, 3.8) is 0 Å². The van der Waals surface area contributed by atoms with Gasteiger partial charge in [0.1, 0.15) is 5.82 Å². The number of benzene rings is 1. The van der Waals surface area contributed by atoms with Crippen LogP contribution in [0.2, 0.25) is 0 Å². The Kier molecular flexibility index (Phi) is 5.18. The van der Waals surface area contributed by atoms with Gasteiger partial charge in [0.15, 0.2) is 0 Å². The van der Waals surface area contributed by atoms with Crippen molar-refractivity contribution in [3.05, 3.63) is 70.4 Å². The van der Waals surface area contributed by atoms with E-state index in [2.05, 4.69) is 14.8 Å². The van der Waals surface area contributed by atoms with Crippen molar-refractivity contribution < 1.29 is 4.92 Å². The Morgan fingerprint density at radius 3 is 2.54 bits per heavy atom. The molecule has 0 N–H and O–H groups in total. The summed E-state index contributed by atoms with van der Waals surface area (Å²) in [7, 11) is 0. The van der Waals surface area contributed by atoms with E-state index in [9.17, 15) is 10.1 Å². The second-order valence-corrected chi connectivity index (χ2v) is 5.69. The molecule has 0 amide bonds. The van der Waals surface area contributed by atoms with Gasteiger partial charge in [-0.05, 0) is 18.2 Å². The second kappa shape index (κ2) is 7.70. The smallest absolute Gasteiger partial charge is 0.276 e. The first-order valence-electron chi connectivity index (χ1n) is 8.02. The molecule has 0 unspecified atom stereocenters. The quantitative estimate of drug-likeness (QED) is 0.625. The van der Waals surface area contributed by atoms with Gasteiger partial charge in [0, 0.05) is 45.0 Å². The lowest BCUT2D eigenvalue weighted by Gasteiger charge is -2.34. The van der Waals surface area contributed by atoms with Crippen LogP contribution >= 0.6 is 0 Å². The number of nitrogens with zero attached hydrogens (tertiary/aromatic N) is 4. The summed E-state index contributed by atoms with van der Waals surface area (Å²) in [5.41, 5.74) is 0.795. The molecule has 3 rings (SSSR count). The molecule has 0 bridgehead atoms. The van der Waals surface area contributed by atoms with Gasteiger partial charge in [0.2, 0.25) is 0 Å². The first-order chi connectivity index (χ1) is 11.7. The number of hydrogen-bond acceptors (Lipinski definition) is 5. The Hall–Kier alpha value is -2.73. The first-order valence-corrected chi connectivity index (χ1v) is 8.02. The van der Waals surface area contributed by atoms with Gasteiger partial charge in [0.05, 0.1) is 10.5 Å². The van der Waals surface area contributed by atoms with Gasteiger partial charge in [-0.3, -0.25) is 15.0 Å². The topological polar surface area (TPSA) is 62.5 Å². The molecular weight excluding hydrogens is 304 g/mol. The molecular formula is C18H20N4O2. The summed E-state index contributed by atoms with van der Waals surface area (Å²) in [6.07, 6.45) is 5.65. The highest BCUT2D eigenvalue weighted by Gasteiger charge is 2.16. The lowest BCUT2D eigenvalue weighted by molar-refractivity contribution is -0.385. The normalized spacial score (nSPS) is 15.8. The third-order valence-corrected chi connectivity index (χ3v) is 4.14. The zero-order valence-electron chi connectivity index (χ0n) is 13.4. The maximum atomic E-state index is 11.0. The molecule has 0 atom stereocenters. The van der Waals surface area contributed by atoms with Gasteiger partial charge in [-0.25, -0.2) is 4.98 Å². The molecule has 0 spiro atoms. The van der Waals surface area contributed by atoms with E-state index < -0.39 is 0 Å². The maximum Gasteiger partial charge on any atom is 0.276 e. The van der Waals surface area contributed by atoms with Crippen LogP contribution in [-0.2, 0) is 0 Å². The average Bonchev–Trinajstić information content (AvgIpc) is 2.63. The number of anilines is 1. The van der Waals surface area contributed by atoms with Crippen LogP contribution in [0.3, 0.4) is 0 Å². The van der Waals surface area contributed by atoms with E-state index in [0.717, 1.165) is 38.5 Å². The molecule has 1 saturated heterocycles. The lowest BCUT2D eigenvalue weighted by Crippen LogP contribution is -2.46. The van der Waals surface area contributed by atoms with Gasteiger partial charge in [-0.15, -0.1) is 0 Å². The number of aromatic nitrogens is 1. The number of piperazine rings is 1. The Bertz CT molecular complexity index is 710. The van der Waals surface area contributed by atoms with Crippen LogP contribution in [0.4, 0.5) is 11.5 Å². The van der Waals surface area contributed by atoms with Gasteiger partial charge >= 0.3 is 0 Å². The van der Waals surface area contributed by atoms with E-state index in [0.29, 0.717) is 5.56 Å². The summed E-state index contributed by atoms with van der Waals surface area (Å²) in [5, 5.41) is 11.0. The minimum atomic E-state index is -0.342. The molecule has 1 aliphatic heterocycles. The largest absolute Gasteiger partial charge is 0.354 e. The van der Waals surface area contributed by atoms with Crippen LogP contribution in [0, 0.1) is 10.1 Å². The van der Waals surface area contributed by atoms with Crippen LogP contribution in [0.1, 0.15) is 5.56 Å². The number of rotatable bonds is 5. The molecule has 2 heterocycles. The highest BCUT2D eigenvalue weighted by Crippen LogP contribution is 2.19. The molecule has 2 aromatic rings. The summed E-state index contributed by atoms with van der Waals surface area (Å²) in [4.78, 5) is 19.7. The monoisotopic (exact) mass is 324 g/mol. The van der Waals surface area contributed by atoms with Gasteiger partial charge < -0.3 is 4.90 Å². The minimum Gasteiger partial charge on any atom is -0.354 e. The summed E-state index contributed by atoms with van der Waals surface area (Å²) < 4.78 is 0. The molecule has 6 heteroatoms. The third kappa shape index (κ3) is 3.97. The van der Waals surface area contributed by atoms with Crippen LogP contribution in [0.5, 0.6) is 0 Å². The molecule has 1 aromatic heterocycles. The number of hydrogen-bond donors (Lipinski definition) is 0. The summed E-state index contributed by atoms with van der Waals surface area (Å²) >= 11 is 0. The van der Waals surface area contributed by atoms with Gasteiger partial charge in [0.25, 0.3) is 5.69 Å². The Labute approximate surface area is 141 Å². The van der Waals surface area contributed by atoms with E-state index >= 15 is 0 Å². The molecule has 0 radical (unpaired) electrons. The number of nitro benzene ring substituents is 1.